The van der Waals surface area contributed by atoms with Gasteiger partial charge in [-0.25, -0.2) is 4.79 Å². The SMILES string of the molecule is COc1ccc(CNC(=O)[C@@]2(C)Cc3ccccc3C(=O)O2)cc1. The molecular weight excluding hydrogens is 306 g/mol. The van der Waals surface area contributed by atoms with E-state index in [0.717, 1.165) is 16.9 Å². The van der Waals surface area contributed by atoms with E-state index in [9.17, 15) is 9.59 Å². The molecule has 2 aromatic carbocycles. The molecule has 0 spiro atoms. The quantitative estimate of drug-likeness (QED) is 0.877. The summed E-state index contributed by atoms with van der Waals surface area (Å²) in [6, 6.07) is 14.6. The summed E-state index contributed by atoms with van der Waals surface area (Å²) in [4.78, 5) is 24.7. The number of hydrogen-bond donors (Lipinski definition) is 1. The van der Waals surface area contributed by atoms with Crippen LogP contribution in [0.1, 0.15) is 28.4 Å². The maximum atomic E-state index is 12.6. The van der Waals surface area contributed by atoms with Crippen LogP contribution >= 0.6 is 0 Å². The van der Waals surface area contributed by atoms with E-state index < -0.39 is 11.6 Å². The normalized spacial score (nSPS) is 19.2. The molecule has 0 aromatic heterocycles. The van der Waals surface area contributed by atoms with Crippen molar-refractivity contribution in [1.82, 2.24) is 5.32 Å². The number of ether oxygens (including phenoxy) is 2. The Morgan fingerprint density at radius 2 is 1.92 bits per heavy atom. The molecule has 0 saturated heterocycles. The summed E-state index contributed by atoms with van der Waals surface area (Å²) < 4.78 is 10.5. The lowest BCUT2D eigenvalue weighted by molar-refractivity contribution is -0.139. The number of rotatable bonds is 4. The number of benzene rings is 2. The Bertz CT molecular complexity index is 769. The molecule has 1 heterocycles. The molecule has 1 atom stereocenters. The Morgan fingerprint density at radius 3 is 2.62 bits per heavy atom. The van der Waals surface area contributed by atoms with Crippen LogP contribution in [0.2, 0.25) is 0 Å². The summed E-state index contributed by atoms with van der Waals surface area (Å²) >= 11 is 0. The molecule has 0 bridgehead atoms. The average molecular weight is 325 g/mol. The van der Waals surface area contributed by atoms with Gasteiger partial charge in [0.15, 0.2) is 5.60 Å². The number of esters is 1. The van der Waals surface area contributed by atoms with Crippen LogP contribution in [0.4, 0.5) is 0 Å². The number of amides is 1. The molecule has 0 unspecified atom stereocenters. The van der Waals surface area contributed by atoms with Crippen molar-refractivity contribution in [2.75, 3.05) is 7.11 Å². The second-order valence-electron chi connectivity index (χ2n) is 5.99. The van der Waals surface area contributed by atoms with Crippen molar-refractivity contribution in [2.24, 2.45) is 0 Å². The smallest absolute Gasteiger partial charge is 0.339 e. The van der Waals surface area contributed by atoms with Crippen LogP contribution in [0.15, 0.2) is 48.5 Å². The highest BCUT2D eigenvalue weighted by molar-refractivity contribution is 5.97. The predicted octanol–water partition coefficient (Wildman–Crippen LogP) is 2.48. The van der Waals surface area contributed by atoms with Crippen molar-refractivity contribution in [3.05, 3.63) is 65.2 Å². The molecule has 24 heavy (non-hydrogen) atoms. The zero-order chi connectivity index (χ0) is 17.2. The van der Waals surface area contributed by atoms with Crippen LogP contribution in [-0.2, 0) is 22.5 Å². The second-order valence-corrected chi connectivity index (χ2v) is 5.99. The van der Waals surface area contributed by atoms with Gasteiger partial charge < -0.3 is 14.8 Å². The monoisotopic (exact) mass is 325 g/mol. The molecule has 1 aliphatic heterocycles. The molecule has 0 aliphatic carbocycles. The van der Waals surface area contributed by atoms with Crippen molar-refractivity contribution in [3.63, 3.8) is 0 Å². The molecule has 0 radical (unpaired) electrons. The zero-order valence-electron chi connectivity index (χ0n) is 13.7. The van der Waals surface area contributed by atoms with E-state index in [1.807, 2.05) is 36.4 Å². The second kappa shape index (κ2) is 6.35. The van der Waals surface area contributed by atoms with Gasteiger partial charge in [-0.15, -0.1) is 0 Å². The first kappa shape index (κ1) is 16.1. The predicted molar refractivity (Wildman–Crippen MR) is 88.8 cm³/mol. The molecule has 5 heteroatoms. The van der Waals surface area contributed by atoms with Gasteiger partial charge in [0.25, 0.3) is 5.91 Å². The van der Waals surface area contributed by atoms with E-state index in [1.54, 1.807) is 26.2 Å². The summed E-state index contributed by atoms with van der Waals surface area (Å²) in [5, 5.41) is 2.84. The Kier molecular flexibility index (Phi) is 4.25. The van der Waals surface area contributed by atoms with Crippen molar-refractivity contribution in [3.8, 4) is 5.75 Å². The first-order valence-corrected chi connectivity index (χ1v) is 7.74. The highest BCUT2D eigenvalue weighted by Gasteiger charge is 2.42. The maximum Gasteiger partial charge on any atom is 0.339 e. The molecule has 1 N–H and O–H groups in total. The minimum atomic E-state index is -1.20. The number of methoxy groups -OCH3 is 1. The van der Waals surface area contributed by atoms with Crippen molar-refractivity contribution in [2.45, 2.75) is 25.5 Å². The van der Waals surface area contributed by atoms with E-state index in [4.69, 9.17) is 9.47 Å². The summed E-state index contributed by atoms with van der Waals surface area (Å²) in [5.74, 6) is -0.00465. The molecule has 2 aromatic rings. The van der Waals surface area contributed by atoms with Crippen molar-refractivity contribution in [1.29, 1.82) is 0 Å². The van der Waals surface area contributed by atoms with Crippen LogP contribution in [0.3, 0.4) is 0 Å². The van der Waals surface area contributed by atoms with E-state index in [2.05, 4.69) is 5.32 Å². The molecule has 0 saturated carbocycles. The standard InChI is InChI=1S/C19H19NO4/c1-19(11-14-5-3-4-6-16(14)17(21)24-19)18(22)20-12-13-7-9-15(23-2)10-8-13/h3-10H,11-12H2,1-2H3,(H,20,22)/t19-/m1/s1. The van der Waals surface area contributed by atoms with Gasteiger partial charge in [0.2, 0.25) is 0 Å². The summed E-state index contributed by atoms with van der Waals surface area (Å²) in [6.45, 7) is 2.00. The maximum absolute atomic E-state index is 12.6. The molecule has 5 nitrogen and oxygen atoms in total. The van der Waals surface area contributed by atoms with Crippen LogP contribution < -0.4 is 10.1 Å². The third-order valence-corrected chi connectivity index (χ3v) is 4.18. The molecular formula is C19H19NO4. The fraction of sp³-hybridized carbons (Fsp3) is 0.263. The minimum Gasteiger partial charge on any atom is -0.497 e. The van der Waals surface area contributed by atoms with Gasteiger partial charge in [0.1, 0.15) is 5.75 Å². The topological polar surface area (TPSA) is 64.6 Å². The first-order chi connectivity index (χ1) is 11.5. The number of carbonyl (C=O) groups is 2. The highest BCUT2D eigenvalue weighted by atomic mass is 16.6. The zero-order valence-corrected chi connectivity index (χ0v) is 13.7. The molecule has 3 rings (SSSR count). The summed E-state index contributed by atoms with van der Waals surface area (Å²) in [7, 11) is 1.60. The van der Waals surface area contributed by atoms with Gasteiger partial charge >= 0.3 is 5.97 Å². The van der Waals surface area contributed by atoms with E-state index in [0.29, 0.717) is 18.5 Å². The van der Waals surface area contributed by atoms with Gasteiger partial charge in [0.05, 0.1) is 12.7 Å². The summed E-state index contributed by atoms with van der Waals surface area (Å²) in [5.41, 5.74) is 1.10. The van der Waals surface area contributed by atoms with Crippen molar-refractivity contribution < 1.29 is 19.1 Å². The fourth-order valence-corrected chi connectivity index (χ4v) is 2.77. The number of cyclic esters (lactones) is 1. The van der Waals surface area contributed by atoms with Gasteiger partial charge in [-0.2, -0.15) is 0 Å². The van der Waals surface area contributed by atoms with E-state index >= 15 is 0 Å². The lowest BCUT2D eigenvalue weighted by Crippen LogP contribution is -2.51. The van der Waals surface area contributed by atoms with Crippen LogP contribution in [-0.4, -0.2) is 24.6 Å². The van der Waals surface area contributed by atoms with Gasteiger partial charge in [-0.3, -0.25) is 4.79 Å². The molecule has 1 aliphatic rings. The lowest BCUT2D eigenvalue weighted by Gasteiger charge is -2.33. The number of nitrogens with one attached hydrogen (secondary N) is 1. The van der Waals surface area contributed by atoms with Gasteiger partial charge in [0, 0.05) is 13.0 Å². The lowest BCUT2D eigenvalue weighted by atomic mass is 9.89. The minimum absolute atomic E-state index is 0.304. The Morgan fingerprint density at radius 1 is 1.21 bits per heavy atom. The Balaban J connectivity index is 1.69. The van der Waals surface area contributed by atoms with Crippen molar-refractivity contribution >= 4 is 11.9 Å². The molecule has 124 valence electrons. The molecule has 1 amide bonds. The number of fused-ring (bicyclic) bond motifs is 1. The molecule has 0 fully saturated rings. The van der Waals surface area contributed by atoms with Crippen LogP contribution in [0.5, 0.6) is 5.75 Å². The van der Waals surface area contributed by atoms with Crippen LogP contribution in [0, 0.1) is 0 Å². The van der Waals surface area contributed by atoms with Crippen LogP contribution in [0.25, 0.3) is 0 Å². The Hall–Kier alpha value is -2.82. The van der Waals surface area contributed by atoms with E-state index in [1.165, 1.54) is 0 Å². The number of carbonyl (C=O) groups excluding carboxylic acids is 2. The van der Waals surface area contributed by atoms with Gasteiger partial charge in [-0.1, -0.05) is 30.3 Å². The number of hydrogen-bond acceptors (Lipinski definition) is 4. The largest absolute Gasteiger partial charge is 0.497 e. The first-order valence-electron chi connectivity index (χ1n) is 7.74. The average Bonchev–Trinajstić information content (AvgIpc) is 2.60. The Labute approximate surface area is 140 Å². The van der Waals surface area contributed by atoms with Gasteiger partial charge in [-0.05, 0) is 36.2 Å². The van der Waals surface area contributed by atoms with E-state index in [-0.39, 0.29) is 5.91 Å². The summed E-state index contributed by atoms with van der Waals surface area (Å²) in [6.07, 6.45) is 0.364. The third kappa shape index (κ3) is 3.11. The fourth-order valence-electron chi connectivity index (χ4n) is 2.77. The third-order valence-electron chi connectivity index (χ3n) is 4.18. The highest BCUT2D eigenvalue weighted by Crippen LogP contribution is 2.28.